The molecule has 2 N–H and O–H groups in total. The van der Waals surface area contributed by atoms with E-state index >= 15 is 0 Å². The predicted octanol–water partition coefficient (Wildman–Crippen LogP) is 3.45. The van der Waals surface area contributed by atoms with Gasteiger partial charge in [-0.15, -0.1) is 0 Å². The third-order valence-electron chi connectivity index (χ3n) is 3.13. The lowest BCUT2D eigenvalue weighted by Crippen LogP contribution is -2.18. The molecule has 0 fully saturated rings. The number of phenolic OH excluding ortho intramolecular Hbond substituents is 1. The fourth-order valence-corrected chi connectivity index (χ4v) is 3.40. The van der Waals surface area contributed by atoms with Gasteiger partial charge in [-0.25, -0.2) is 13.2 Å². The van der Waals surface area contributed by atoms with Gasteiger partial charge in [0.05, 0.1) is 11.5 Å². The van der Waals surface area contributed by atoms with Crippen LogP contribution in [-0.4, -0.2) is 26.1 Å². The molecule has 0 bridgehead atoms. The Morgan fingerprint density at radius 3 is 2.32 bits per heavy atom. The van der Waals surface area contributed by atoms with Crippen molar-refractivity contribution in [1.82, 2.24) is 0 Å². The largest absolute Gasteiger partial charge is 0.508 e. The van der Waals surface area contributed by atoms with Crippen LogP contribution in [0.15, 0.2) is 69.0 Å². The van der Waals surface area contributed by atoms with E-state index in [9.17, 15) is 18.3 Å². The molecule has 0 unspecified atom stereocenters. The number of rotatable bonds is 6. The minimum atomic E-state index is -4.11. The summed E-state index contributed by atoms with van der Waals surface area (Å²) in [6.45, 7) is 1.63. The minimum absolute atomic E-state index is 0.0412. The first kappa shape index (κ1) is 19.0. The van der Waals surface area contributed by atoms with Gasteiger partial charge in [0.25, 0.3) is 0 Å². The quantitative estimate of drug-likeness (QED) is 0.543. The van der Waals surface area contributed by atoms with Crippen LogP contribution < -0.4 is 5.32 Å². The lowest BCUT2D eigenvalue weighted by molar-refractivity contribution is -0.137. The first-order valence-corrected chi connectivity index (χ1v) is 9.55. The molecule has 0 heterocycles. The van der Waals surface area contributed by atoms with Crippen LogP contribution in [0.25, 0.3) is 0 Å². The third kappa shape index (κ3) is 4.83. The van der Waals surface area contributed by atoms with E-state index in [-0.39, 0.29) is 17.3 Å². The van der Waals surface area contributed by atoms with Crippen molar-refractivity contribution in [2.45, 2.75) is 11.8 Å². The molecule has 0 saturated carbocycles. The van der Waals surface area contributed by atoms with Gasteiger partial charge in [-0.3, -0.25) is 0 Å². The van der Waals surface area contributed by atoms with Crippen LogP contribution in [0.1, 0.15) is 6.92 Å². The van der Waals surface area contributed by atoms with Gasteiger partial charge >= 0.3 is 5.97 Å². The van der Waals surface area contributed by atoms with Gasteiger partial charge in [-0.2, -0.15) is 0 Å². The normalized spacial score (nSPS) is 11.8. The predicted molar refractivity (Wildman–Crippen MR) is 97.8 cm³/mol. The molecule has 2 aromatic rings. The molecule has 2 rings (SSSR count). The highest BCUT2D eigenvalue weighted by atomic mass is 79.9. The number of carbonyl (C=O) groups is 1. The number of esters is 1. The number of phenols is 1. The van der Waals surface area contributed by atoms with Gasteiger partial charge in [0.2, 0.25) is 9.84 Å². The molecule has 6 nitrogen and oxygen atoms in total. The van der Waals surface area contributed by atoms with Crippen molar-refractivity contribution < 1.29 is 23.1 Å². The van der Waals surface area contributed by atoms with Crippen molar-refractivity contribution in [3.05, 3.63) is 64.1 Å². The Labute approximate surface area is 154 Å². The summed E-state index contributed by atoms with van der Waals surface area (Å²) in [5, 5.41) is 12.1. The molecule has 132 valence electrons. The second-order valence-electron chi connectivity index (χ2n) is 4.88. The number of nitrogens with one attached hydrogen (secondary N) is 1. The second kappa shape index (κ2) is 8.17. The smallest absolute Gasteiger partial charge is 0.351 e. The zero-order valence-corrected chi connectivity index (χ0v) is 15.7. The van der Waals surface area contributed by atoms with E-state index in [1.165, 1.54) is 24.3 Å². The minimum Gasteiger partial charge on any atom is -0.508 e. The number of sulfone groups is 1. The number of anilines is 1. The second-order valence-corrected chi connectivity index (χ2v) is 7.71. The molecule has 0 aliphatic rings. The van der Waals surface area contributed by atoms with Crippen molar-refractivity contribution in [3.8, 4) is 5.75 Å². The number of hydrogen-bond donors (Lipinski definition) is 2. The molecular formula is C17H16BrNO5S. The van der Waals surface area contributed by atoms with E-state index < -0.39 is 20.7 Å². The Balaban J connectivity index is 2.40. The fourth-order valence-electron chi connectivity index (χ4n) is 1.90. The van der Waals surface area contributed by atoms with E-state index in [2.05, 4.69) is 21.2 Å². The van der Waals surface area contributed by atoms with Crippen molar-refractivity contribution in [2.75, 3.05) is 11.9 Å². The summed E-state index contributed by atoms with van der Waals surface area (Å²) in [7, 11) is -4.11. The Bertz CT molecular complexity index is 874. The molecule has 0 spiro atoms. The zero-order chi connectivity index (χ0) is 18.4. The summed E-state index contributed by atoms with van der Waals surface area (Å²) in [5.74, 6) is -1.03. The molecule has 0 amide bonds. The summed E-state index contributed by atoms with van der Waals surface area (Å²) in [6.07, 6.45) is 1.10. The average molecular weight is 426 g/mol. The Kier molecular flexibility index (Phi) is 6.22. The van der Waals surface area contributed by atoms with Crippen LogP contribution in [0, 0.1) is 0 Å². The topological polar surface area (TPSA) is 92.7 Å². The molecule has 0 radical (unpaired) electrons. The van der Waals surface area contributed by atoms with Gasteiger partial charge in [-0.1, -0.05) is 15.9 Å². The fraction of sp³-hybridized carbons (Fsp3) is 0.118. The lowest BCUT2D eigenvalue weighted by atomic mass is 10.3. The van der Waals surface area contributed by atoms with Gasteiger partial charge in [-0.05, 0) is 55.5 Å². The third-order valence-corrected chi connectivity index (χ3v) is 5.41. The molecule has 0 aliphatic heterocycles. The molecule has 8 heteroatoms. The lowest BCUT2D eigenvalue weighted by Gasteiger charge is -2.10. The van der Waals surface area contributed by atoms with Crippen molar-refractivity contribution in [3.63, 3.8) is 0 Å². The maximum atomic E-state index is 12.7. The van der Waals surface area contributed by atoms with Crippen LogP contribution in [0.2, 0.25) is 0 Å². The molecule has 0 aliphatic carbocycles. The van der Waals surface area contributed by atoms with Crippen LogP contribution in [0.4, 0.5) is 5.69 Å². The van der Waals surface area contributed by atoms with E-state index in [4.69, 9.17) is 4.74 Å². The summed E-state index contributed by atoms with van der Waals surface area (Å²) < 4.78 is 31.2. The van der Waals surface area contributed by atoms with E-state index in [0.29, 0.717) is 5.69 Å². The first-order valence-electron chi connectivity index (χ1n) is 7.28. The van der Waals surface area contributed by atoms with Gasteiger partial charge < -0.3 is 15.2 Å². The molecular weight excluding hydrogens is 410 g/mol. The van der Waals surface area contributed by atoms with Crippen LogP contribution in [0.3, 0.4) is 0 Å². The van der Waals surface area contributed by atoms with E-state index in [1.807, 2.05) is 0 Å². The average Bonchev–Trinajstić information content (AvgIpc) is 2.57. The summed E-state index contributed by atoms with van der Waals surface area (Å²) in [6, 6.07) is 11.9. The summed E-state index contributed by atoms with van der Waals surface area (Å²) in [4.78, 5) is 11.5. The van der Waals surface area contributed by atoms with E-state index in [0.717, 1.165) is 10.7 Å². The molecule has 0 aromatic heterocycles. The van der Waals surface area contributed by atoms with Crippen LogP contribution in [-0.2, 0) is 19.4 Å². The standard InChI is InChI=1S/C17H16BrNO5S/c1-2-24-17(21)16(11-19-13-5-3-12(18)4-6-13)25(22,23)15-9-7-14(20)8-10-15/h3-11,19-20H,2H2,1H3/b16-11+. The highest BCUT2D eigenvalue weighted by molar-refractivity contribution is 9.10. The summed E-state index contributed by atoms with van der Waals surface area (Å²) >= 11 is 3.30. The van der Waals surface area contributed by atoms with Gasteiger partial charge in [0.1, 0.15) is 5.75 Å². The Morgan fingerprint density at radius 1 is 1.16 bits per heavy atom. The van der Waals surface area contributed by atoms with Crippen molar-refractivity contribution in [2.24, 2.45) is 0 Å². The van der Waals surface area contributed by atoms with Gasteiger partial charge in [0.15, 0.2) is 4.91 Å². The number of ether oxygens (including phenoxy) is 1. The molecule has 25 heavy (non-hydrogen) atoms. The van der Waals surface area contributed by atoms with Crippen molar-refractivity contribution >= 4 is 37.4 Å². The monoisotopic (exact) mass is 425 g/mol. The first-order chi connectivity index (χ1) is 11.8. The highest BCUT2D eigenvalue weighted by Gasteiger charge is 2.28. The number of benzene rings is 2. The zero-order valence-electron chi connectivity index (χ0n) is 13.3. The Morgan fingerprint density at radius 2 is 1.76 bits per heavy atom. The molecule has 2 aromatic carbocycles. The van der Waals surface area contributed by atoms with Gasteiger partial charge in [0, 0.05) is 16.4 Å². The van der Waals surface area contributed by atoms with Crippen LogP contribution >= 0.6 is 15.9 Å². The summed E-state index contributed by atoms with van der Waals surface area (Å²) in [5.41, 5.74) is 0.603. The van der Waals surface area contributed by atoms with Crippen LogP contribution in [0.5, 0.6) is 5.75 Å². The SMILES string of the molecule is CCOC(=O)/C(=C\Nc1ccc(Br)cc1)S(=O)(=O)c1ccc(O)cc1. The Hall–Kier alpha value is -2.32. The molecule has 0 atom stereocenters. The molecule has 0 saturated heterocycles. The number of hydrogen-bond acceptors (Lipinski definition) is 6. The number of aromatic hydroxyl groups is 1. The maximum Gasteiger partial charge on any atom is 0.351 e. The van der Waals surface area contributed by atoms with Crippen molar-refractivity contribution in [1.29, 1.82) is 0 Å². The number of halogens is 1. The van der Waals surface area contributed by atoms with E-state index in [1.54, 1.807) is 31.2 Å². The highest BCUT2D eigenvalue weighted by Crippen LogP contribution is 2.23. The maximum absolute atomic E-state index is 12.7. The number of carbonyl (C=O) groups excluding carboxylic acids is 1.